The Morgan fingerprint density at radius 3 is 2.79 bits per heavy atom. The highest BCUT2D eigenvalue weighted by atomic mass is 79.9. The monoisotopic (exact) mass is 327 g/mol. The fraction of sp³-hybridized carbons (Fsp3) is 0.643. The van der Waals surface area contributed by atoms with Gasteiger partial charge in [0.1, 0.15) is 5.82 Å². The molecule has 1 aromatic heterocycles. The number of anilines is 1. The van der Waals surface area contributed by atoms with Crippen LogP contribution >= 0.6 is 15.9 Å². The molecule has 19 heavy (non-hydrogen) atoms. The van der Waals surface area contributed by atoms with Crippen LogP contribution in [0.4, 0.5) is 5.82 Å². The lowest BCUT2D eigenvalue weighted by molar-refractivity contribution is 0.222. The Balaban J connectivity index is 2.01. The van der Waals surface area contributed by atoms with E-state index in [1.165, 1.54) is 25.9 Å². The predicted octanol–water partition coefficient (Wildman–Crippen LogP) is 2.11. The first-order valence-electron chi connectivity index (χ1n) is 6.75. The first-order valence-corrected chi connectivity index (χ1v) is 7.54. The van der Waals surface area contributed by atoms with Gasteiger partial charge in [-0.05, 0) is 60.9 Å². The van der Waals surface area contributed by atoms with Gasteiger partial charge in [-0.3, -0.25) is 0 Å². The van der Waals surface area contributed by atoms with Gasteiger partial charge in [0.25, 0.3) is 0 Å². The fourth-order valence-electron chi connectivity index (χ4n) is 2.65. The van der Waals surface area contributed by atoms with Crippen LogP contribution in [0.1, 0.15) is 18.4 Å². The Bertz CT molecular complexity index is 419. The average Bonchev–Trinajstić information content (AvgIpc) is 2.41. The highest BCUT2D eigenvalue weighted by Gasteiger charge is 2.19. The summed E-state index contributed by atoms with van der Waals surface area (Å²) in [7, 11) is 4.24. The molecule has 2 heterocycles. The molecular weight excluding hydrogens is 306 g/mol. The predicted molar refractivity (Wildman–Crippen MR) is 81.4 cm³/mol. The zero-order chi connectivity index (χ0) is 13.8. The van der Waals surface area contributed by atoms with E-state index in [2.05, 4.69) is 44.8 Å². The van der Waals surface area contributed by atoms with Crippen LogP contribution in [0.25, 0.3) is 0 Å². The maximum absolute atomic E-state index is 9.44. The number of nitrogens with zero attached hydrogens (tertiary/aromatic N) is 3. The summed E-state index contributed by atoms with van der Waals surface area (Å²) in [5, 5.41) is 9.44. The Kier molecular flexibility index (Phi) is 5.19. The highest BCUT2D eigenvalue weighted by Crippen LogP contribution is 2.24. The molecule has 1 aliphatic rings. The summed E-state index contributed by atoms with van der Waals surface area (Å²) >= 11 is 3.39. The summed E-state index contributed by atoms with van der Waals surface area (Å²) in [6.07, 6.45) is 4.28. The Morgan fingerprint density at radius 1 is 1.47 bits per heavy atom. The van der Waals surface area contributed by atoms with Crippen LogP contribution in [0.3, 0.4) is 0 Å². The molecule has 1 N–H and O–H groups in total. The lowest BCUT2D eigenvalue weighted by atomic mass is 9.96. The summed E-state index contributed by atoms with van der Waals surface area (Å²) in [5.41, 5.74) is 0.879. The van der Waals surface area contributed by atoms with Crippen molar-refractivity contribution in [1.82, 2.24) is 9.88 Å². The Hall–Kier alpha value is -0.650. The molecule has 4 nitrogen and oxygen atoms in total. The molecule has 1 fully saturated rings. The molecule has 0 aromatic carbocycles. The van der Waals surface area contributed by atoms with Crippen molar-refractivity contribution in [1.29, 1.82) is 0 Å². The summed E-state index contributed by atoms with van der Waals surface area (Å²) in [6, 6.07) is 1.94. The van der Waals surface area contributed by atoms with E-state index in [0.29, 0.717) is 0 Å². The largest absolute Gasteiger partial charge is 0.392 e. The number of pyridine rings is 1. The van der Waals surface area contributed by atoms with Crippen molar-refractivity contribution in [3.05, 3.63) is 22.3 Å². The molecule has 1 saturated heterocycles. The average molecular weight is 328 g/mol. The summed E-state index contributed by atoms with van der Waals surface area (Å²) in [6.45, 7) is 3.40. The minimum atomic E-state index is 0.0273. The molecule has 0 radical (unpaired) electrons. The third-order valence-electron chi connectivity index (χ3n) is 3.81. The van der Waals surface area contributed by atoms with Crippen molar-refractivity contribution < 1.29 is 5.11 Å². The molecule has 0 aliphatic carbocycles. The zero-order valence-electron chi connectivity index (χ0n) is 11.6. The number of hydrogen-bond acceptors (Lipinski definition) is 4. The molecule has 106 valence electrons. The van der Waals surface area contributed by atoms with Gasteiger partial charge in [0.05, 0.1) is 6.61 Å². The van der Waals surface area contributed by atoms with Crippen molar-refractivity contribution in [3.8, 4) is 0 Å². The van der Waals surface area contributed by atoms with Crippen LogP contribution < -0.4 is 4.90 Å². The lowest BCUT2D eigenvalue weighted by Gasteiger charge is -2.32. The first-order chi connectivity index (χ1) is 9.10. The van der Waals surface area contributed by atoms with Gasteiger partial charge in [0.15, 0.2) is 0 Å². The van der Waals surface area contributed by atoms with E-state index in [1.807, 2.05) is 6.07 Å². The van der Waals surface area contributed by atoms with Gasteiger partial charge in [0.2, 0.25) is 0 Å². The zero-order valence-corrected chi connectivity index (χ0v) is 13.2. The number of aliphatic hydroxyl groups excluding tert-OH is 1. The molecule has 5 heteroatoms. The lowest BCUT2D eigenvalue weighted by Crippen LogP contribution is -2.36. The number of likely N-dealkylation sites (tertiary alicyclic amines) is 1. The molecule has 0 atom stereocenters. The normalized spacial score (nSPS) is 17.7. The number of aliphatic hydroxyl groups is 1. The minimum absolute atomic E-state index is 0.0273. The van der Waals surface area contributed by atoms with E-state index >= 15 is 0 Å². The van der Waals surface area contributed by atoms with Gasteiger partial charge in [-0.2, -0.15) is 0 Å². The molecule has 2 rings (SSSR count). The molecule has 1 aliphatic heterocycles. The second kappa shape index (κ2) is 6.68. The molecule has 0 unspecified atom stereocenters. The van der Waals surface area contributed by atoms with Crippen LogP contribution in [0.2, 0.25) is 0 Å². The van der Waals surface area contributed by atoms with E-state index in [9.17, 15) is 5.11 Å². The van der Waals surface area contributed by atoms with Gasteiger partial charge in [0, 0.05) is 29.8 Å². The molecule has 0 spiro atoms. The topological polar surface area (TPSA) is 39.6 Å². The van der Waals surface area contributed by atoms with Crippen LogP contribution in [-0.4, -0.2) is 48.7 Å². The van der Waals surface area contributed by atoms with E-state index in [0.717, 1.165) is 28.3 Å². The van der Waals surface area contributed by atoms with E-state index in [-0.39, 0.29) is 6.61 Å². The first kappa shape index (κ1) is 14.8. The van der Waals surface area contributed by atoms with Gasteiger partial charge in [-0.15, -0.1) is 0 Å². The van der Waals surface area contributed by atoms with Gasteiger partial charge < -0.3 is 14.9 Å². The number of piperidine rings is 1. The summed E-state index contributed by atoms with van der Waals surface area (Å²) in [5.74, 6) is 1.61. The van der Waals surface area contributed by atoms with Crippen molar-refractivity contribution in [2.75, 3.05) is 38.6 Å². The van der Waals surface area contributed by atoms with E-state index < -0.39 is 0 Å². The van der Waals surface area contributed by atoms with Crippen LogP contribution in [0.15, 0.2) is 16.7 Å². The maximum atomic E-state index is 9.44. The Morgan fingerprint density at radius 2 is 2.16 bits per heavy atom. The fourth-order valence-corrected chi connectivity index (χ4v) is 3.03. The van der Waals surface area contributed by atoms with Crippen LogP contribution in [0.5, 0.6) is 0 Å². The van der Waals surface area contributed by atoms with Gasteiger partial charge in [-0.1, -0.05) is 0 Å². The minimum Gasteiger partial charge on any atom is -0.392 e. The third kappa shape index (κ3) is 3.91. The quantitative estimate of drug-likeness (QED) is 0.919. The van der Waals surface area contributed by atoms with Crippen molar-refractivity contribution in [2.45, 2.75) is 19.4 Å². The van der Waals surface area contributed by atoms with E-state index in [4.69, 9.17) is 0 Å². The number of hydrogen-bond donors (Lipinski definition) is 1. The highest BCUT2D eigenvalue weighted by molar-refractivity contribution is 9.10. The number of aromatic nitrogens is 1. The maximum Gasteiger partial charge on any atom is 0.133 e. The standard InChI is InChI=1S/C14H22BrN3O/c1-17-5-3-11(4-6-17)9-18(2)14-12(10-19)7-13(15)8-16-14/h7-8,11,19H,3-6,9-10H2,1-2H3. The molecule has 0 saturated carbocycles. The van der Waals surface area contributed by atoms with Crippen molar-refractivity contribution >= 4 is 21.7 Å². The molecular formula is C14H22BrN3O. The second-order valence-corrected chi connectivity index (χ2v) is 6.34. The molecule has 0 bridgehead atoms. The van der Waals surface area contributed by atoms with E-state index in [1.54, 1.807) is 6.20 Å². The van der Waals surface area contributed by atoms with Gasteiger partial charge in [-0.25, -0.2) is 4.98 Å². The van der Waals surface area contributed by atoms with Crippen LogP contribution in [0, 0.1) is 5.92 Å². The SMILES string of the molecule is CN1CCC(CN(C)c2ncc(Br)cc2CO)CC1. The molecule has 0 amide bonds. The third-order valence-corrected chi connectivity index (χ3v) is 4.25. The molecule has 1 aromatic rings. The summed E-state index contributed by atoms with van der Waals surface area (Å²) < 4.78 is 0.910. The smallest absolute Gasteiger partial charge is 0.133 e. The Labute approximate surface area is 123 Å². The number of halogens is 1. The van der Waals surface area contributed by atoms with Crippen LogP contribution in [-0.2, 0) is 6.61 Å². The van der Waals surface area contributed by atoms with Crippen molar-refractivity contribution in [3.63, 3.8) is 0 Å². The summed E-state index contributed by atoms with van der Waals surface area (Å²) in [4.78, 5) is 9.00. The number of rotatable bonds is 4. The second-order valence-electron chi connectivity index (χ2n) is 5.42. The van der Waals surface area contributed by atoms with Gasteiger partial charge >= 0.3 is 0 Å². The van der Waals surface area contributed by atoms with Crippen molar-refractivity contribution in [2.24, 2.45) is 5.92 Å².